The number of nitrogens with one attached hydrogen (secondary N) is 1. The number of allylic oxidation sites excluding steroid dienone is 4. The van der Waals surface area contributed by atoms with E-state index in [1.54, 1.807) is 0 Å². The summed E-state index contributed by atoms with van der Waals surface area (Å²) >= 11 is 0. The molecule has 170 valence electrons. The summed E-state index contributed by atoms with van der Waals surface area (Å²) in [5.41, 5.74) is 5.32. The lowest BCUT2D eigenvalue weighted by Crippen LogP contribution is -2.35. The van der Waals surface area contributed by atoms with E-state index in [4.69, 9.17) is 9.72 Å². The third kappa shape index (κ3) is 3.90. The molecule has 0 bridgehead atoms. The van der Waals surface area contributed by atoms with Crippen LogP contribution in [0.2, 0.25) is 0 Å². The minimum atomic E-state index is 0.0592. The summed E-state index contributed by atoms with van der Waals surface area (Å²) in [6.45, 7) is 2.11. The maximum absolute atomic E-state index is 12.9. The Morgan fingerprint density at radius 2 is 1.91 bits per heavy atom. The van der Waals surface area contributed by atoms with Gasteiger partial charge in [0.05, 0.1) is 22.1 Å². The van der Waals surface area contributed by atoms with E-state index in [1.165, 1.54) is 0 Å². The molecule has 1 aliphatic heterocycles. The molecule has 1 fully saturated rings. The van der Waals surface area contributed by atoms with Gasteiger partial charge in [0.2, 0.25) is 0 Å². The highest BCUT2D eigenvalue weighted by atomic mass is 16.5. The Morgan fingerprint density at radius 1 is 1.06 bits per heavy atom. The number of hydrogen-bond donors (Lipinski definition) is 1. The number of aromatic nitrogens is 3. The molecule has 3 heterocycles. The Bertz CT molecular complexity index is 1450. The molecule has 6 nitrogen and oxygen atoms in total. The number of ketones is 1. The number of rotatable bonds is 4. The highest BCUT2D eigenvalue weighted by Gasteiger charge is 2.22. The van der Waals surface area contributed by atoms with Crippen molar-refractivity contribution in [1.29, 1.82) is 0 Å². The molecule has 0 spiro atoms. The number of piperidine rings is 1. The fourth-order valence-corrected chi connectivity index (χ4v) is 4.83. The van der Waals surface area contributed by atoms with E-state index < -0.39 is 0 Å². The minimum Gasteiger partial charge on any atom is -0.490 e. The lowest BCUT2D eigenvalue weighted by atomic mass is 9.92. The predicted molar refractivity (Wildman–Crippen MR) is 135 cm³/mol. The lowest BCUT2D eigenvalue weighted by Gasteiger charge is -2.29. The van der Waals surface area contributed by atoms with Gasteiger partial charge in [0.25, 0.3) is 0 Å². The number of aromatic amines is 1. The van der Waals surface area contributed by atoms with Crippen molar-refractivity contribution in [3.63, 3.8) is 0 Å². The molecule has 0 amide bonds. The fourth-order valence-electron chi connectivity index (χ4n) is 4.83. The van der Waals surface area contributed by atoms with Crippen LogP contribution in [0.3, 0.4) is 0 Å². The molecule has 0 unspecified atom stereocenters. The average Bonchev–Trinajstić information content (AvgIpc) is 3.29. The van der Waals surface area contributed by atoms with Gasteiger partial charge in [-0.05, 0) is 61.4 Å². The summed E-state index contributed by atoms with van der Waals surface area (Å²) in [4.78, 5) is 27.7. The second-order valence-corrected chi connectivity index (χ2v) is 9.11. The molecule has 2 aromatic heterocycles. The summed E-state index contributed by atoms with van der Waals surface area (Å²) in [5, 5.41) is 1.07. The number of hydrogen-bond acceptors (Lipinski definition) is 5. The number of carbonyl (C=O) groups excluding carboxylic acids is 1. The standard InChI is InChI=1S/C28H26N4O2/c1-32-14-11-19(12-15-32)34-20-7-8-25-26(17-20)31-28(30-25)23-16-18(6-9-27(23)33)21-10-13-29-24-5-3-2-4-22(21)24/h2-8,10,13,16-17,19H,9,11-12,14-15H2,1H3,(H,30,31). The minimum absolute atomic E-state index is 0.0592. The number of nitrogens with zero attached hydrogens (tertiary/aromatic N) is 3. The number of para-hydroxylation sites is 1. The molecule has 0 atom stereocenters. The first kappa shape index (κ1) is 20.8. The Kier molecular flexibility index (Phi) is 5.23. The van der Waals surface area contributed by atoms with Crippen molar-refractivity contribution < 1.29 is 9.53 Å². The second kappa shape index (κ2) is 8.54. The summed E-state index contributed by atoms with van der Waals surface area (Å²) < 4.78 is 6.23. The second-order valence-electron chi connectivity index (χ2n) is 9.11. The van der Waals surface area contributed by atoms with Crippen molar-refractivity contribution in [1.82, 2.24) is 19.9 Å². The quantitative estimate of drug-likeness (QED) is 0.473. The maximum Gasteiger partial charge on any atom is 0.170 e. The number of likely N-dealkylation sites (tertiary alicyclic amines) is 1. The van der Waals surface area contributed by atoms with Crippen LogP contribution in [-0.2, 0) is 4.79 Å². The van der Waals surface area contributed by atoms with Crippen LogP contribution in [0.5, 0.6) is 5.75 Å². The molecular formula is C28H26N4O2. The third-order valence-corrected chi connectivity index (χ3v) is 6.74. The van der Waals surface area contributed by atoms with Crippen LogP contribution < -0.4 is 4.74 Å². The van der Waals surface area contributed by atoms with Gasteiger partial charge in [-0.1, -0.05) is 24.3 Å². The largest absolute Gasteiger partial charge is 0.490 e. The molecule has 1 saturated heterocycles. The number of H-pyrrole nitrogens is 1. The molecule has 2 aliphatic rings. The Morgan fingerprint density at radius 3 is 2.79 bits per heavy atom. The van der Waals surface area contributed by atoms with Crippen LogP contribution in [0, 0.1) is 0 Å². The highest BCUT2D eigenvalue weighted by molar-refractivity contribution is 6.24. The lowest BCUT2D eigenvalue weighted by molar-refractivity contribution is -0.113. The van der Waals surface area contributed by atoms with Crippen LogP contribution in [0.15, 0.2) is 66.9 Å². The number of pyridine rings is 1. The highest BCUT2D eigenvalue weighted by Crippen LogP contribution is 2.32. The van der Waals surface area contributed by atoms with Gasteiger partial charge in [-0.15, -0.1) is 0 Å². The molecule has 0 radical (unpaired) electrons. The normalized spacial score (nSPS) is 17.7. The topological polar surface area (TPSA) is 71.1 Å². The van der Waals surface area contributed by atoms with Gasteiger partial charge >= 0.3 is 0 Å². The number of imidazole rings is 1. The van der Waals surface area contributed by atoms with Crippen molar-refractivity contribution in [3.05, 3.63) is 78.3 Å². The maximum atomic E-state index is 12.9. The SMILES string of the molecule is CN1CCC(Oc2ccc3nc(C4=CC(c5ccnc6ccccc56)=CCC4=O)[nH]c3c2)CC1. The van der Waals surface area contributed by atoms with Crippen molar-refractivity contribution in [2.75, 3.05) is 20.1 Å². The van der Waals surface area contributed by atoms with Gasteiger partial charge in [0.15, 0.2) is 5.78 Å². The first-order chi connectivity index (χ1) is 16.6. The van der Waals surface area contributed by atoms with E-state index in [0.717, 1.165) is 64.8 Å². The van der Waals surface area contributed by atoms with Crippen LogP contribution in [0.4, 0.5) is 0 Å². The van der Waals surface area contributed by atoms with Gasteiger partial charge in [-0.2, -0.15) is 0 Å². The number of fused-ring (bicyclic) bond motifs is 2. The van der Waals surface area contributed by atoms with Crippen molar-refractivity contribution in [2.24, 2.45) is 0 Å². The van der Waals surface area contributed by atoms with Crippen LogP contribution in [0.25, 0.3) is 33.1 Å². The molecule has 1 N–H and O–H groups in total. The molecule has 6 heteroatoms. The molecule has 2 aromatic carbocycles. The number of carbonyl (C=O) groups is 1. The summed E-state index contributed by atoms with van der Waals surface area (Å²) in [7, 11) is 2.15. The Balaban J connectivity index is 1.31. The van der Waals surface area contributed by atoms with Gasteiger partial charge in [-0.25, -0.2) is 4.98 Å². The number of ether oxygens (including phenoxy) is 1. The predicted octanol–water partition coefficient (Wildman–Crippen LogP) is 5.02. The number of benzene rings is 2. The van der Waals surface area contributed by atoms with E-state index in [9.17, 15) is 4.79 Å². The molecular weight excluding hydrogens is 424 g/mol. The first-order valence-corrected chi connectivity index (χ1v) is 11.8. The fraction of sp³-hybridized carbons (Fsp3) is 0.250. The van der Waals surface area contributed by atoms with Gasteiger partial charge < -0.3 is 14.6 Å². The van der Waals surface area contributed by atoms with E-state index in [-0.39, 0.29) is 11.9 Å². The molecule has 1 aliphatic carbocycles. The zero-order chi connectivity index (χ0) is 23.1. The molecule has 6 rings (SSSR count). The monoisotopic (exact) mass is 450 g/mol. The zero-order valence-corrected chi connectivity index (χ0v) is 19.1. The molecule has 0 saturated carbocycles. The first-order valence-electron chi connectivity index (χ1n) is 11.8. The zero-order valence-electron chi connectivity index (χ0n) is 19.1. The van der Waals surface area contributed by atoms with E-state index in [0.29, 0.717) is 17.8 Å². The Labute approximate surface area is 198 Å². The van der Waals surface area contributed by atoms with Crippen LogP contribution in [0.1, 0.15) is 30.7 Å². The van der Waals surface area contributed by atoms with Crippen LogP contribution >= 0.6 is 0 Å². The molecule has 34 heavy (non-hydrogen) atoms. The van der Waals surface area contributed by atoms with Crippen molar-refractivity contribution >= 4 is 38.9 Å². The molecule has 4 aromatic rings. The van der Waals surface area contributed by atoms with Crippen molar-refractivity contribution in [2.45, 2.75) is 25.4 Å². The summed E-state index contributed by atoms with van der Waals surface area (Å²) in [5.74, 6) is 1.49. The van der Waals surface area contributed by atoms with Gasteiger partial charge in [0.1, 0.15) is 17.7 Å². The summed E-state index contributed by atoms with van der Waals surface area (Å²) in [6, 6.07) is 16.0. The average molecular weight is 451 g/mol. The Hall–Kier alpha value is -3.77. The van der Waals surface area contributed by atoms with E-state index in [1.807, 2.05) is 60.8 Å². The van der Waals surface area contributed by atoms with E-state index in [2.05, 4.69) is 28.0 Å². The van der Waals surface area contributed by atoms with Gasteiger partial charge in [0, 0.05) is 37.2 Å². The smallest absolute Gasteiger partial charge is 0.170 e. The third-order valence-electron chi connectivity index (χ3n) is 6.74. The van der Waals surface area contributed by atoms with E-state index >= 15 is 0 Å². The van der Waals surface area contributed by atoms with Crippen molar-refractivity contribution in [3.8, 4) is 5.75 Å². The van der Waals surface area contributed by atoms with Crippen LogP contribution in [-0.4, -0.2) is 51.9 Å². The number of Topliss-reactive ketones (excluding diaryl/α,β-unsaturated/α-hetero) is 1. The van der Waals surface area contributed by atoms with Gasteiger partial charge in [-0.3, -0.25) is 9.78 Å². The summed E-state index contributed by atoms with van der Waals surface area (Å²) in [6.07, 6.45) is 8.40.